The number of hydrogen-bond acceptors (Lipinski definition) is 4. The SMILES string of the molecule is CCN(CC)C(=O)CSc1nnc(-c2ccccc2)n1-c1ccc(F)cc1F. The number of thioether (sulfide) groups is 1. The van der Waals surface area contributed by atoms with Crippen LogP contribution in [0.5, 0.6) is 0 Å². The average molecular weight is 402 g/mol. The van der Waals surface area contributed by atoms with Gasteiger partial charge in [0.15, 0.2) is 11.0 Å². The van der Waals surface area contributed by atoms with Gasteiger partial charge in [-0.15, -0.1) is 10.2 Å². The Morgan fingerprint density at radius 1 is 1.07 bits per heavy atom. The Bertz CT molecular complexity index is 958. The van der Waals surface area contributed by atoms with Gasteiger partial charge in [-0.05, 0) is 26.0 Å². The minimum Gasteiger partial charge on any atom is -0.343 e. The fourth-order valence-corrected chi connectivity index (χ4v) is 3.66. The lowest BCUT2D eigenvalue weighted by Gasteiger charge is -2.18. The lowest BCUT2D eigenvalue weighted by Crippen LogP contribution is -2.31. The van der Waals surface area contributed by atoms with Crippen LogP contribution >= 0.6 is 11.8 Å². The Morgan fingerprint density at radius 2 is 1.79 bits per heavy atom. The molecular weight excluding hydrogens is 382 g/mol. The quantitative estimate of drug-likeness (QED) is 0.557. The topological polar surface area (TPSA) is 51.0 Å². The zero-order valence-electron chi connectivity index (χ0n) is 15.6. The van der Waals surface area contributed by atoms with Crippen LogP contribution < -0.4 is 0 Å². The van der Waals surface area contributed by atoms with E-state index in [0.717, 1.165) is 11.6 Å². The van der Waals surface area contributed by atoms with Gasteiger partial charge >= 0.3 is 0 Å². The lowest BCUT2D eigenvalue weighted by molar-refractivity contribution is -0.127. The zero-order chi connectivity index (χ0) is 20.1. The third-order valence-corrected chi connectivity index (χ3v) is 5.17. The minimum absolute atomic E-state index is 0.0367. The second-order valence-electron chi connectivity index (χ2n) is 5.96. The molecule has 8 heteroatoms. The van der Waals surface area contributed by atoms with Gasteiger partial charge in [0.1, 0.15) is 11.6 Å². The number of amides is 1. The van der Waals surface area contributed by atoms with Crippen molar-refractivity contribution in [1.82, 2.24) is 19.7 Å². The standard InChI is InChI=1S/C20H20F2N4OS/c1-3-25(4-2)18(27)13-28-20-24-23-19(14-8-6-5-7-9-14)26(20)17-11-10-15(21)12-16(17)22/h5-12H,3-4,13H2,1-2H3. The van der Waals surface area contributed by atoms with Crippen LogP contribution in [0.1, 0.15) is 13.8 Å². The number of rotatable bonds is 7. The molecule has 0 fully saturated rings. The van der Waals surface area contributed by atoms with Crippen LogP contribution in [0.25, 0.3) is 17.1 Å². The Hall–Kier alpha value is -2.74. The Balaban J connectivity index is 2.01. The summed E-state index contributed by atoms with van der Waals surface area (Å²) in [5.74, 6) is -0.859. The summed E-state index contributed by atoms with van der Waals surface area (Å²) in [6.07, 6.45) is 0. The summed E-state index contributed by atoms with van der Waals surface area (Å²) in [6, 6.07) is 12.5. The molecule has 0 radical (unpaired) electrons. The molecule has 3 rings (SSSR count). The molecule has 1 heterocycles. The molecule has 146 valence electrons. The maximum atomic E-state index is 14.5. The number of nitrogens with zero attached hydrogens (tertiary/aromatic N) is 4. The molecule has 0 bridgehead atoms. The summed E-state index contributed by atoms with van der Waals surface area (Å²) in [7, 11) is 0. The highest BCUT2D eigenvalue weighted by molar-refractivity contribution is 7.99. The van der Waals surface area contributed by atoms with E-state index in [9.17, 15) is 13.6 Å². The molecule has 1 aromatic heterocycles. The molecule has 3 aromatic rings. The number of hydrogen-bond donors (Lipinski definition) is 0. The van der Waals surface area contributed by atoms with E-state index in [0.29, 0.717) is 24.1 Å². The predicted octanol–water partition coefficient (Wildman–Crippen LogP) is 4.17. The van der Waals surface area contributed by atoms with Gasteiger partial charge in [0.2, 0.25) is 5.91 Å². The maximum absolute atomic E-state index is 14.5. The molecule has 1 amide bonds. The van der Waals surface area contributed by atoms with E-state index in [2.05, 4.69) is 10.2 Å². The van der Waals surface area contributed by atoms with Crippen LogP contribution in [0, 0.1) is 11.6 Å². The van der Waals surface area contributed by atoms with E-state index in [4.69, 9.17) is 0 Å². The zero-order valence-corrected chi connectivity index (χ0v) is 16.4. The second kappa shape index (κ2) is 8.97. The third-order valence-electron chi connectivity index (χ3n) is 4.26. The first-order chi connectivity index (χ1) is 13.5. The van der Waals surface area contributed by atoms with Gasteiger partial charge in [0.25, 0.3) is 0 Å². The first-order valence-corrected chi connectivity index (χ1v) is 9.90. The average Bonchev–Trinajstić information content (AvgIpc) is 3.11. The van der Waals surface area contributed by atoms with Crippen molar-refractivity contribution in [1.29, 1.82) is 0 Å². The number of carbonyl (C=O) groups excluding carboxylic acids is 1. The van der Waals surface area contributed by atoms with Crippen molar-refractivity contribution in [2.45, 2.75) is 19.0 Å². The molecule has 0 N–H and O–H groups in total. The van der Waals surface area contributed by atoms with Gasteiger partial charge in [-0.1, -0.05) is 42.1 Å². The summed E-state index contributed by atoms with van der Waals surface area (Å²) in [5, 5.41) is 8.72. The van der Waals surface area contributed by atoms with Crippen molar-refractivity contribution >= 4 is 17.7 Å². The number of halogens is 2. The minimum atomic E-state index is -0.728. The van der Waals surface area contributed by atoms with Crippen molar-refractivity contribution in [2.75, 3.05) is 18.8 Å². The van der Waals surface area contributed by atoms with Crippen LogP contribution in [0.2, 0.25) is 0 Å². The van der Waals surface area contributed by atoms with E-state index < -0.39 is 11.6 Å². The molecule has 0 aliphatic carbocycles. The van der Waals surface area contributed by atoms with Gasteiger partial charge in [-0.3, -0.25) is 9.36 Å². The van der Waals surface area contributed by atoms with E-state index in [1.165, 1.54) is 28.5 Å². The first kappa shape index (κ1) is 20.0. The van der Waals surface area contributed by atoms with E-state index in [1.807, 2.05) is 44.2 Å². The highest BCUT2D eigenvalue weighted by Crippen LogP contribution is 2.29. The largest absolute Gasteiger partial charge is 0.343 e. The van der Waals surface area contributed by atoms with Crippen LogP contribution in [-0.2, 0) is 4.79 Å². The molecular formula is C20H20F2N4OS. The fraction of sp³-hybridized carbons (Fsp3) is 0.250. The molecule has 0 spiro atoms. The maximum Gasteiger partial charge on any atom is 0.233 e. The van der Waals surface area contributed by atoms with Crippen LogP contribution in [0.3, 0.4) is 0 Å². The molecule has 0 unspecified atom stereocenters. The fourth-order valence-electron chi connectivity index (χ4n) is 2.81. The highest BCUT2D eigenvalue weighted by Gasteiger charge is 2.20. The molecule has 0 atom stereocenters. The van der Waals surface area contributed by atoms with Crippen molar-refractivity contribution in [3.63, 3.8) is 0 Å². The Labute approximate surface area is 166 Å². The van der Waals surface area contributed by atoms with Crippen molar-refractivity contribution in [2.24, 2.45) is 0 Å². The van der Waals surface area contributed by atoms with Crippen LogP contribution in [0.4, 0.5) is 8.78 Å². The first-order valence-electron chi connectivity index (χ1n) is 8.92. The summed E-state index contributed by atoms with van der Waals surface area (Å²) in [6.45, 7) is 5.06. The molecule has 0 saturated carbocycles. The second-order valence-corrected chi connectivity index (χ2v) is 6.90. The van der Waals surface area contributed by atoms with Crippen LogP contribution in [0.15, 0.2) is 53.7 Å². The van der Waals surface area contributed by atoms with Gasteiger partial charge in [-0.2, -0.15) is 0 Å². The lowest BCUT2D eigenvalue weighted by atomic mass is 10.2. The monoisotopic (exact) mass is 402 g/mol. The normalized spacial score (nSPS) is 10.9. The predicted molar refractivity (Wildman–Crippen MR) is 105 cm³/mol. The third kappa shape index (κ3) is 4.22. The Morgan fingerprint density at radius 3 is 2.43 bits per heavy atom. The van der Waals surface area contributed by atoms with Crippen LogP contribution in [-0.4, -0.2) is 44.4 Å². The van der Waals surface area contributed by atoms with Gasteiger partial charge in [-0.25, -0.2) is 8.78 Å². The molecule has 0 aliphatic rings. The van der Waals surface area contributed by atoms with Crippen molar-refractivity contribution in [3.8, 4) is 17.1 Å². The van der Waals surface area contributed by atoms with E-state index in [1.54, 1.807) is 4.90 Å². The van der Waals surface area contributed by atoms with Crippen molar-refractivity contribution < 1.29 is 13.6 Å². The smallest absolute Gasteiger partial charge is 0.233 e. The van der Waals surface area contributed by atoms with Gasteiger partial charge < -0.3 is 4.90 Å². The summed E-state index contributed by atoms with van der Waals surface area (Å²) >= 11 is 1.18. The van der Waals surface area contributed by atoms with Gasteiger partial charge in [0, 0.05) is 24.7 Å². The number of benzene rings is 2. The molecule has 0 aliphatic heterocycles. The van der Waals surface area contributed by atoms with E-state index >= 15 is 0 Å². The summed E-state index contributed by atoms with van der Waals surface area (Å²) in [4.78, 5) is 14.1. The molecule has 2 aromatic carbocycles. The van der Waals surface area contributed by atoms with Crippen molar-refractivity contribution in [3.05, 3.63) is 60.2 Å². The number of carbonyl (C=O) groups is 1. The number of aromatic nitrogens is 3. The van der Waals surface area contributed by atoms with Gasteiger partial charge in [0.05, 0.1) is 11.4 Å². The Kier molecular flexibility index (Phi) is 6.41. The molecule has 28 heavy (non-hydrogen) atoms. The summed E-state index contributed by atoms with van der Waals surface area (Å²) < 4.78 is 29.4. The molecule has 5 nitrogen and oxygen atoms in total. The molecule has 0 saturated heterocycles. The van der Waals surface area contributed by atoms with E-state index in [-0.39, 0.29) is 17.3 Å². The summed E-state index contributed by atoms with van der Waals surface area (Å²) in [5.41, 5.74) is 0.865. The highest BCUT2D eigenvalue weighted by atomic mass is 32.2.